The highest BCUT2D eigenvalue weighted by molar-refractivity contribution is 5.90. The van der Waals surface area contributed by atoms with Gasteiger partial charge < -0.3 is 21.1 Å². The summed E-state index contributed by atoms with van der Waals surface area (Å²) in [7, 11) is 1.61. The van der Waals surface area contributed by atoms with Crippen molar-refractivity contribution in [3.8, 4) is 11.4 Å². The Balaban J connectivity index is 1.68. The molecule has 27 heavy (non-hydrogen) atoms. The molecule has 1 atom stereocenters. The molecule has 1 aliphatic rings. The van der Waals surface area contributed by atoms with Gasteiger partial charge in [0.15, 0.2) is 0 Å². The van der Waals surface area contributed by atoms with Gasteiger partial charge in [0.05, 0.1) is 19.3 Å². The Hall–Kier alpha value is -3.03. The van der Waals surface area contributed by atoms with E-state index in [0.29, 0.717) is 18.6 Å². The van der Waals surface area contributed by atoms with Crippen molar-refractivity contribution >= 4 is 11.9 Å². The van der Waals surface area contributed by atoms with Crippen molar-refractivity contribution in [1.82, 2.24) is 20.4 Å². The molecule has 1 saturated carbocycles. The zero-order valence-electron chi connectivity index (χ0n) is 15.6. The lowest BCUT2D eigenvalue weighted by molar-refractivity contribution is -0.123. The molecule has 3 rings (SSSR count). The van der Waals surface area contributed by atoms with Crippen LogP contribution in [0.15, 0.2) is 36.7 Å². The van der Waals surface area contributed by atoms with Gasteiger partial charge in [-0.15, -0.1) is 0 Å². The van der Waals surface area contributed by atoms with Crippen LogP contribution in [0.5, 0.6) is 5.75 Å². The molecule has 1 aliphatic carbocycles. The standard InChI is InChI=1S/C19H25N5O3/c1-13(22-18(26)23-19(17(20)25)9-5-6-10-19)14-11-21-24(12-14)15-7-3-4-8-16(15)27-2/h3-4,7-8,11-13H,5-6,9-10H2,1-2H3,(H2,20,25)(H2,22,23,26)/t13-/m0/s1. The number of nitrogens with one attached hydrogen (secondary N) is 2. The fourth-order valence-electron chi connectivity index (χ4n) is 3.46. The molecule has 2 aromatic rings. The quantitative estimate of drug-likeness (QED) is 0.721. The fourth-order valence-corrected chi connectivity index (χ4v) is 3.46. The van der Waals surface area contributed by atoms with Gasteiger partial charge in [-0.05, 0) is 31.9 Å². The summed E-state index contributed by atoms with van der Waals surface area (Å²) in [5, 5.41) is 9.99. The fraction of sp³-hybridized carbons (Fsp3) is 0.421. The van der Waals surface area contributed by atoms with Crippen LogP contribution < -0.4 is 21.1 Å². The first-order chi connectivity index (χ1) is 12.9. The van der Waals surface area contributed by atoms with Crippen molar-refractivity contribution in [2.24, 2.45) is 5.73 Å². The minimum Gasteiger partial charge on any atom is -0.494 e. The molecule has 4 N–H and O–H groups in total. The van der Waals surface area contributed by atoms with Gasteiger partial charge in [0, 0.05) is 11.8 Å². The molecule has 8 nitrogen and oxygen atoms in total. The van der Waals surface area contributed by atoms with Crippen molar-refractivity contribution in [1.29, 1.82) is 0 Å². The zero-order chi connectivity index (χ0) is 19.4. The summed E-state index contributed by atoms with van der Waals surface area (Å²) in [4.78, 5) is 24.2. The summed E-state index contributed by atoms with van der Waals surface area (Å²) >= 11 is 0. The van der Waals surface area contributed by atoms with E-state index >= 15 is 0 Å². The highest BCUT2D eigenvalue weighted by atomic mass is 16.5. The van der Waals surface area contributed by atoms with E-state index < -0.39 is 17.5 Å². The average Bonchev–Trinajstić information content (AvgIpc) is 3.31. The molecule has 8 heteroatoms. The molecular weight excluding hydrogens is 346 g/mol. The van der Waals surface area contributed by atoms with E-state index in [0.717, 1.165) is 24.1 Å². The molecule has 0 spiro atoms. The number of para-hydroxylation sites is 2. The number of primary amides is 1. The van der Waals surface area contributed by atoms with Crippen LogP contribution in [0.4, 0.5) is 4.79 Å². The minimum absolute atomic E-state index is 0.292. The number of amides is 3. The lowest BCUT2D eigenvalue weighted by Crippen LogP contribution is -2.58. The molecule has 0 aliphatic heterocycles. The maximum Gasteiger partial charge on any atom is 0.316 e. The van der Waals surface area contributed by atoms with Crippen molar-refractivity contribution in [3.05, 3.63) is 42.2 Å². The molecule has 0 unspecified atom stereocenters. The van der Waals surface area contributed by atoms with E-state index in [4.69, 9.17) is 10.5 Å². The van der Waals surface area contributed by atoms with E-state index in [1.165, 1.54) is 0 Å². The van der Waals surface area contributed by atoms with Crippen LogP contribution in [0.2, 0.25) is 0 Å². The average molecular weight is 371 g/mol. The second-order valence-corrected chi connectivity index (χ2v) is 6.86. The highest BCUT2D eigenvalue weighted by Gasteiger charge is 2.41. The van der Waals surface area contributed by atoms with Crippen LogP contribution in [-0.4, -0.2) is 34.4 Å². The second kappa shape index (κ2) is 7.69. The molecule has 3 amide bonds. The highest BCUT2D eigenvalue weighted by Crippen LogP contribution is 2.29. The summed E-state index contributed by atoms with van der Waals surface area (Å²) in [6.07, 6.45) is 6.44. The summed E-state index contributed by atoms with van der Waals surface area (Å²) in [6.45, 7) is 1.86. The van der Waals surface area contributed by atoms with Gasteiger partial charge in [0.25, 0.3) is 0 Å². The van der Waals surface area contributed by atoms with Crippen LogP contribution in [0.1, 0.15) is 44.2 Å². The molecule has 0 bridgehead atoms. The van der Waals surface area contributed by atoms with E-state index in [-0.39, 0.29) is 6.04 Å². The van der Waals surface area contributed by atoms with E-state index in [9.17, 15) is 9.59 Å². The first kappa shape index (κ1) is 18.8. The topological polar surface area (TPSA) is 111 Å². The molecule has 0 radical (unpaired) electrons. The number of nitrogens with zero attached hydrogens (tertiary/aromatic N) is 2. The number of benzene rings is 1. The number of hydrogen-bond acceptors (Lipinski definition) is 4. The Morgan fingerprint density at radius 2 is 2.00 bits per heavy atom. The van der Waals surface area contributed by atoms with Crippen molar-refractivity contribution in [2.45, 2.75) is 44.2 Å². The van der Waals surface area contributed by atoms with E-state index in [2.05, 4.69) is 15.7 Å². The number of carbonyl (C=O) groups excluding carboxylic acids is 2. The molecule has 0 saturated heterocycles. The Labute approximate surface area is 158 Å². The largest absolute Gasteiger partial charge is 0.494 e. The van der Waals surface area contributed by atoms with Crippen LogP contribution in [0, 0.1) is 0 Å². The van der Waals surface area contributed by atoms with Gasteiger partial charge in [0.1, 0.15) is 17.0 Å². The first-order valence-corrected chi connectivity index (χ1v) is 9.02. The summed E-state index contributed by atoms with van der Waals surface area (Å²) in [5.74, 6) is 0.224. The van der Waals surface area contributed by atoms with Gasteiger partial charge in [-0.1, -0.05) is 25.0 Å². The summed E-state index contributed by atoms with van der Waals surface area (Å²) in [6, 6.07) is 6.85. The Morgan fingerprint density at radius 3 is 2.67 bits per heavy atom. The Bertz CT molecular complexity index is 826. The van der Waals surface area contributed by atoms with Gasteiger partial charge >= 0.3 is 6.03 Å². The number of nitrogens with two attached hydrogens (primary N) is 1. The number of aromatic nitrogens is 2. The first-order valence-electron chi connectivity index (χ1n) is 9.02. The van der Waals surface area contributed by atoms with Crippen molar-refractivity contribution in [3.63, 3.8) is 0 Å². The molecular formula is C19H25N5O3. The van der Waals surface area contributed by atoms with Crippen LogP contribution in [0.3, 0.4) is 0 Å². The summed E-state index contributed by atoms with van der Waals surface area (Å²) < 4.78 is 7.06. The van der Waals surface area contributed by atoms with Gasteiger partial charge in [-0.25, -0.2) is 9.48 Å². The second-order valence-electron chi connectivity index (χ2n) is 6.86. The van der Waals surface area contributed by atoms with Crippen LogP contribution >= 0.6 is 0 Å². The van der Waals surface area contributed by atoms with Crippen molar-refractivity contribution in [2.75, 3.05) is 7.11 Å². The molecule has 1 aromatic carbocycles. The maximum absolute atomic E-state index is 12.4. The number of methoxy groups -OCH3 is 1. The molecule has 1 fully saturated rings. The third-order valence-electron chi connectivity index (χ3n) is 5.06. The third kappa shape index (κ3) is 3.89. The van der Waals surface area contributed by atoms with Gasteiger partial charge in [-0.3, -0.25) is 4.79 Å². The minimum atomic E-state index is -0.939. The van der Waals surface area contributed by atoms with Gasteiger partial charge in [-0.2, -0.15) is 5.10 Å². The monoisotopic (exact) mass is 371 g/mol. The lowest BCUT2D eigenvalue weighted by Gasteiger charge is -2.27. The smallest absolute Gasteiger partial charge is 0.316 e. The number of ether oxygens (including phenoxy) is 1. The SMILES string of the molecule is COc1ccccc1-n1cc([C@H](C)NC(=O)NC2(C(N)=O)CCCC2)cn1. The normalized spacial score (nSPS) is 16.5. The molecule has 1 heterocycles. The van der Waals surface area contributed by atoms with Crippen molar-refractivity contribution < 1.29 is 14.3 Å². The summed E-state index contributed by atoms with van der Waals surface area (Å²) in [5.41, 5.74) is 6.21. The molecule has 1 aromatic heterocycles. The van der Waals surface area contributed by atoms with Gasteiger partial charge in [0.2, 0.25) is 5.91 Å². The number of rotatable bonds is 6. The Morgan fingerprint density at radius 1 is 1.30 bits per heavy atom. The number of carbonyl (C=O) groups is 2. The Kier molecular flexibility index (Phi) is 5.34. The predicted octanol–water partition coefficient (Wildman–Crippen LogP) is 2.04. The lowest BCUT2D eigenvalue weighted by atomic mass is 9.97. The zero-order valence-corrected chi connectivity index (χ0v) is 15.6. The van der Waals surface area contributed by atoms with E-state index in [1.807, 2.05) is 37.4 Å². The third-order valence-corrected chi connectivity index (χ3v) is 5.06. The number of hydrogen-bond donors (Lipinski definition) is 3. The van der Waals surface area contributed by atoms with Crippen LogP contribution in [0.25, 0.3) is 5.69 Å². The molecule has 144 valence electrons. The van der Waals surface area contributed by atoms with E-state index in [1.54, 1.807) is 18.0 Å². The maximum atomic E-state index is 12.4. The predicted molar refractivity (Wildman–Crippen MR) is 101 cm³/mol. The van der Waals surface area contributed by atoms with Crippen LogP contribution in [-0.2, 0) is 4.79 Å². The number of urea groups is 1.